The lowest BCUT2D eigenvalue weighted by Gasteiger charge is -2.16. The van der Waals surface area contributed by atoms with E-state index in [4.69, 9.17) is 4.74 Å². The molecule has 27 heavy (non-hydrogen) atoms. The van der Waals surface area contributed by atoms with Crippen molar-refractivity contribution in [2.45, 2.75) is 6.92 Å². The second kappa shape index (κ2) is 8.71. The maximum atomic E-state index is 11.8. The van der Waals surface area contributed by atoms with Gasteiger partial charge in [-0.2, -0.15) is 0 Å². The normalized spacial score (nSPS) is 11.0. The predicted molar refractivity (Wildman–Crippen MR) is 120 cm³/mol. The topological polar surface area (TPSA) is 41.6 Å². The molecular weight excluding hydrogens is 451 g/mol. The number of carbonyl (C=O) groups is 1. The van der Waals surface area contributed by atoms with Crippen LogP contribution in [0.3, 0.4) is 0 Å². The highest BCUT2D eigenvalue weighted by molar-refractivity contribution is 14.1. The van der Waals surface area contributed by atoms with Crippen LogP contribution < -0.4 is 10.1 Å². The van der Waals surface area contributed by atoms with Crippen molar-refractivity contribution >= 4 is 45.0 Å². The molecule has 0 unspecified atom stereocenters. The van der Waals surface area contributed by atoms with Crippen molar-refractivity contribution in [1.29, 1.82) is 0 Å². The van der Waals surface area contributed by atoms with Crippen LogP contribution in [-0.4, -0.2) is 38.1 Å². The number of benzene rings is 3. The van der Waals surface area contributed by atoms with E-state index < -0.39 is 0 Å². The van der Waals surface area contributed by atoms with Gasteiger partial charge in [0.15, 0.2) is 0 Å². The minimum Gasteiger partial charge on any atom is -0.491 e. The van der Waals surface area contributed by atoms with Crippen LogP contribution >= 0.6 is 22.6 Å². The number of fused-ring (bicyclic) bond motifs is 1. The van der Waals surface area contributed by atoms with Gasteiger partial charge < -0.3 is 15.0 Å². The Labute approximate surface area is 173 Å². The van der Waals surface area contributed by atoms with Crippen molar-refractivity contribution < 1.29 is 9.53 Å². The van der Waals surface area contributed by atoms with Crippen LogP contribution in [0.4, 0.5) is 5.69 Å². The first-order chi connectivity index (χ1) is 13.0. The van der Waals surface area contributed by atoms with Crippen molar-refractivity contribution in [3.8, 4) is 16.9 Å². The first kappa shape index (κ1) is 19.6. The second-order valence-electron chi connectivity index (χ2n) is 6.69. The summed E-state index contributed by atoms with van der Waals surface area (Å²) in [5.41, 5.74) is 2.84. The van der Waals surface area contributed by atoms with E-state index in [2.05, 4.69) is 51.0 Å². The molecule has 0 fully saturated rings. The number of nitrogens with zero attached hydrogens (tertiary/aromatic N) is 1. The number of nitrogens with one attached hydrogen (secondary N) is 1. The van der Waals surface area contributed by atoms with Gasteiger partial charge in [0.1, 0.15) is 12.4 Å². The molecule has 0 atom stereocenters. The first-order valence-electron chi connectivity index (χ1n) is 8.82. The van der Waals surface area contributed by atoms with Gasteiger partial charge in [-0.3, -0.25) is 4.79 Å². The summed E-state index contributed by atoms with van der Waals surface area (Å²) in [6.45, 7) is 3.02. The standard InChI is InChI=1S/C22H23IN2O2/c1-15(26)24-22-18-7-5-4-6-16(18)8-10-19(22)17-9-11-20(23)21(14-17)27-13-12-25(2)3/h4-11,14H,12-13H2,1-3H3,(H,24,26). The molecule has 0 saturated carbocycles. The number of ether oxygens (including phenoxy) is 1. The summed E-state index contributed by atoms with van der Waals surface area (Å²) >= 11 is 2.29. The number of hydrogen-bond donors (Lipinski definition) is 1. The Morgan fingerprint density at radius 2 is 1.89 bits per heavy atom. The molecule has 3 aromatic carbocycles. The number of anilines is 1. The van der Waals surface area contributed by atoms with E-state index in [0.29, 0.717) is 6.61 Å². The van der Waals surface area contributed by atoms with E-state index in [1.54, 1.807) is 0 Å². The number of hydrogen-bond acceptors (Lipinski definition) is 3. The molecule has 0 saturated heterocycles. The maximum absolute atomic E-state index is 11.8. The van der Waals surface area contributed by atoms with E-state index >= 15 is 0 Å². The third-order valence-electron chi connectivity index (χ3n) is 4.27. The van der Waals surface area contributed by atoms with Crippen molar-refractivity contribution in [3.05, 3.63) is 58.2 Å². The molecular formula is C22H23IN2O2. The molecule has 0 heterocycles. The van der Waals surface area contributed by atoms with E-state index in [1.165, 1.54) is 6.92 Å². The summed E-state index contributed by atoms with van der Waals surface area (Å²) < 4.78 is 7.05. The zero-order valence-corrected chi connectivity index (χ0v) is 17.9. The lowest BCUT2D eigenvalue weighted by atomic mass is 9.98. The minimum absolute atomic E-state index is 0.0828. The molecule has 0 aliphatic rings. The third-order valence-corrected chi connectivity index (χ3v) is 5.16. The second-order valence-corrected chi connectivity index (χ2v) is 7.85. The first-order valence-corrected chi connectivity index (χ1v) is 9.90. The van der Waals surface area contributed by atoms with Crippen LogP contribution in [0.25, 0.3) is 21.9 Å². The zero-order valence-electron chi connectivity index (χ0n) is 15.8. The average Bonchev–Trinajstić information content (AvgIpc) is 2.63. The van der Waals surface area contributed by atoms with Crippen LogP contribution in [0.1, 0.15) is 6.92 Å². The van der Waals surface area contributed by atoms with Crippen LogP contribution in [-0.2, 0) is 4.79 Å². The quantitative estimate of drug-likeness (QED) is 0.511. The van der Waals surface area contributed by atoms with Gasteiger partial charge in [0.05, 0.1) is 9.26 Å². The summed E-state index contributed by atoms with van der Waals surface area (Å²) in [7, 11) is 4.05. The smallest absolute Gasteiger partial charge is 0.221 e. The monoisotopic (exact) mass is 474 g/mol. The lowest BCUT2D eigenvalue weighted by Crippen LogP contribution is -2.19. The van der Waals surface area contributed by atoms with E-state index in [1.807, 2.05) is 50.5 Å². The van der Waals surface area contributed by atoms with Gasteiger partial charge in [-0.1, -0.05) is 42.5 Å². The SMILES string of the molecule is CC(=O)Nc1c(-c2ccc(I)c(OCCN(C)C)c2)ccc2ccccc12. The van der Waals surface area contributed by atoms with Gasteiger partial charge in [-0.15, -0.1) is 0 Å². The molecule has 1 amide bonds. The fourth-order valence-corrected chi connectivity index (χ4v) is 3.43. The average molecular weight is 474 g/mol. The number of halogens is 1. The molecule has 3 rings (SSSR count). The summed E-state index contributed by atoms with van der Waals surface area (Å²) in [5.74, 6) is 0.775. The zero-order chi connectivity index (χ0) is 19.4. The van der Waals surface area contributed by atoms with Crippen LogP contribution in [0.2, 0.25) is 0 Å². The Hall–Kier alpha value is -2.12. The van der Waals surface area contributed by atoms with E-state index in [-0.39, 0.29) is 5.91 Å². The Kier molecular flexibility index (Phi) is 6.34. The molecule has 5 heteroatoms. The largest absolute Gasteiger partial charge is 0.491 e. The van der Waals surface area contributed by atoms with E-state index in [0.717, 1.165) is 43.5 Å². The van der Waals surface area contributed by atoms with Gasteiger partial charge in [-0.25, -0.2) is 0 Å². The Morgan fingerprint density at radius 3 is 2.63 bits per heavy atom. The van der Waals surface area contributed by atoms with Gasteiger partial charge in [-0.05, 0) is 59.8 Å². The molecule has 0 aliphatic heterocycles. The highest BCUT2D eigenvalue weighted by Crippen LogP contribution is 2.37. The number of amides is 1. The molecule has 4 nitrogen and oxygen atoms in total. The molecule has 3 aromatic rings. The van der Waals surface area contributed by atoms with Crippen LogP contribution in [0.5, 0.6) is 5.75 Å². The molecule has 1 N–H and O–H groups in total. The Morgan fingerprint density at radius 1 is 1.11 bits per heavy atom. The summed E-state index contributed by atoms with van der Waals surface area (Å²) in [5, 5.41) is 5.14. The highest BCUT2D eigenvalue weighted by Gasteiger charge is 2.13. The predicted octanol–water partition coefficient (Wildman–Crippen LogP) is 5.01. The van der Waals surface area contributed by atoms with Crippen LogP contribution in [0, 0.1) is 3.57 Å². The Bertz CT molecular complexity index is 970. The Balaban J connectivity index is 2.05. The van der Waals surface area contributed by atoms with Crippen molar-refractivity contribution in [2.75, 3.05) is 32.6 Å². The van der Waals surface area contributed by atoms with Gasteiger partial charge in [0.2, 0.25) is 5.91 Å². The fourth-order valence-electron chi connectivity index (χ4n) is 2.94. The third kappa shape index (κ3) is 4.78. The highest BCUT2D eigenvalue weighted by atomic mass is 127. The molecule has 0 aliphatic carbocycles. The summed E-state index contributed by atoms with van der Waals surface area (Å²) in [4.78, 5) is 13.9. The summed E-state index contributed by atoms with van der Waals surface area (Å²) in [6.07, 6.45) is 0. The molecule has 0 bridgehead atoms. The van der Waals surface area contributed by atoms with Crippen LogP contribution in [0.15, 0.2) is 54.6 Å². The van der Waals surface area contributed by atoms with Gasteiger partial charge >= 0.3 is 0 Å². The van der Waals surface area contributed by atoms with Crippen molar-refractivity contribution in [2.24, 2.45) is 0 Å². The number of likely N-dealkylation sites (N-methyl/N-ethyl adjacent to an activating group) is 1. The van der Waals surface area contributed by atoms with Crippen molar-refractivity contribution in [1.82, 2.24) is 4.90 Å². The fraction of sp³-hybridized carbons (Fsp3) is 0.227. The minimum atomic E-state index is -0.0828. The van der Waals surface area contributed by atoms with Gasteiger partial charge in [0.25, 0.3) is 0 Å². The molecule has 0 spiro atoms. The lowest BCUT2D eigenvalue weighted by molar-refractivity contribution is -0.114. The number of rotatable bonds is 6. The van der Waals surface area contributed by atoms with Gasteiger partial charge in [0, 0.05) is 24.4 Å². The molecule has 0 radical (unpaired) electrons. The number of carbonyl (C=O) groups excluding carboxylic acids is 1. The van der Waals surface area contributed by atoms with E-state index in [9.17, 15) is 4.79 Å². The summed E-state index contributed by atoms with van der Waals surface area (Å²) in [6, 6.07) is 18.4. The van der Waals surface area contributed by atoms with Crippen molar-refractivity contribution in [3.63, 3.8) is 0 Å². The molecule has 0 aromatic heterocycles. The maximum Gasteiger partial charge on any atom is 0.221 e. The molecule has 140 valence electrons.